The maximum Gasteiger partial charge on any atom is 0.303 e. The molecule has 1 aromatic heterocycles. The second-order valence-electron chi connectivity index (χ2n) is 5.86. The molecular formula is C14H19NO4. The highest BCUT2D eigenvalue weighted by atomic mass is 16.4. The number of hydrogen-bond donors (Lipinski definition) is 2. The molecule has 0 radical (unpaired) electrons. The summed E-state index contributed by atoms with van der Waals surface area (Å²) in [5.74, 6) is -0.264. The van der Waals surface area contributed by atoms with Crippen molar-refractivity contribution in [1.82, 2.24) is 5.32 Å². The van der Waals surface area contributed by atoms with E-state index >= 15 is 0 Å². The molecule has 104 valence electrons. The average molecular weight is 265 g/mol. The van der Waals surface area contributed by atoms with Crippen LogP contribution < -0.4 is 5.32 Å². The molecule has 1 aromatic rings. The number of fused-ring (bicyclic) bond motifs is 1. The van der Waals surface area contributed by atoms with Gasteiger partial charge in [-0.25, -0.2) is 0 Å². The molecular weight excluding hydrogens is 246 g/mol. The number of carbonyl (C=O) groups excluding carboxylic acids is 1. The Labute approximate surface area is 112 Å². The van der Waals surface area contributed by atoms with Gasteiger partial charge >= 0.3 is 5.97 Å². The number of carbonyl (C=O) groups is 2. The minimum Gasteiger partial charge on any atom is -0.481 e. The highest BCUT2D eigenvalue weighted by Gasteiger charge is 2.34. The first-order chi connectivity index (χ1) is 8.87. The molecule has 1 aliphatic rings. The first-order valence-corrected chi connectivity index (χ1v) is 6.45. The molecule has 2 N–H and O–H groups in total. The van der Waals surface area contributed by atoms with E-state index in [1.54, 1.807) is 6.26 Å². The standard InChI is InChI=1S/C14H19NO4/c1-14(2)7-10(9-5-6-19-11(9)8-14)15-12(16)3-4-13(17)18/h5-6,10H,3-4,7-8H2,1-2H3,(H,15,16)(H,17,18). The first-order valence-electron chi connectivity index (χ1n) is 6.45. The van der Waals surface area contributed by atoms with Crippen molar-refractivity contribution in [3.63, 3.8) is 0 Å². The van der Waals surface area contributed by atoms with Gasteiger partial charge in [0.25, 0.3) is 0 Å². The molecule has 19 heavy (non-hydrogen) atoms. The number of carboxylic acid groups (broad SMARTS) is 1. The Kier molecular flexibility index (Phi) is 3.64. The molecule has 2 rings (SSSR count). The molecule has 0 saturated heterocycles. The smallest absolute Gasteiger partial charge is 0.303 e. The number of carboxylic acids is 1. The molecule has 1 unspecified atom stereocenters. The molecule has 0 spiro atoms. The summed E-state index contributed by atoms with van der Waals surface area (Å²) in [6.45, 7) is 4.27. The summed E-state index contributed by atoms with van der Waals surface area (Å²) in [5.41, 5.74) is 1.08. The molecule has 0 saturated carbocycles. The zero-order chi connectivity index (χ0) is 14.0. The highest BCUT2D eigenvalue weighted by molar-refractivity contribution is 5.81. The van der Waals surface area contributed by atoms with Crippen molar-refractivity contribution in [3.05, 3.63) is 23.7 Å². The fourth-order valence-corrected chi connectivity index (χ4v) is 2.59. The number of rotatable bonds is 4. The van der Waals surface area contributed by atoms with Crippen LogP contribution in [0.5, 0.6) is 0 Å². The molecule has 5 nitrogen and oxygen atoms in total. The molecule has 0 fully saturated rings. The molecule has 1 atom stereocenters. The van der Waals surface area contributed by atoms with Crippen LogP contribution in [0.25, 0.3) is 0 Å². The van der Waals surface area contributed by atoms with Crippen LogP contribution in [-0.2, 0) is 16.0 Å². The van der Waals surface area contributed by atoms with Crippen molar-refractivity contribution < 1.29 is 19.1 Å². The van der Waals surface area contributed by atoms with Gasteiger partial charge in [0, 0.05) is 18.4 Å². The molecule has 5 heteroatoms. The van der Waals surface area contributed by atoms with E-state index in [-0.39, 0.29) is 30.2 Å². The Morgan fingerprint density at radius 3 is 2.89 bits per heavy atom. The van der Waals surface area contributed by atoms with E-state index < -0.39 is 5.97 Å². The van der Waals surface area contributed by atoms with Crippen molar-refractivity contribution >= 4 is 11.9 Å². The van der Waals surface area contributed by atoms with Gasteiger partial charge in [0.05, 0.1) is 18.7 Å². The minimum atomic E-state index is -0.955. The quantitative estimate of drug-likeness (QED) is 0.875. The third-order valence-electron chi connectivity index (χ3n) is 3.45. The van der Waals surface area contributed by atoms with Crippen LogP contribution in [0.3, 0.4) is 0 Å². The lowest BCUT2D eigenvalue weighted by Gasteiger charge is -2.34. The third-order valence-corrected chi connectivity index (χ3v) is 3.45. The number of aliphatic carboxylic acids is 1. The van der Waals surface area contributed by atoms with Gasteiger partial charge in [0.1, 0.15) is 5.76 Å². The monoisotopic (exact) mass is 265 g/mol. The molecule has 0 aromatic carbocycles. The second kappa shape index (κ2) is 5.07. The Balaban J connectivity index is 2.04. The van der Waals surface area contributed by atoms with Crippen LogP contribution in [0, 0.1) is 5.41 Å². The van der Waals surface area contributed by atoms with Crippen molar-refractivity contribution in [2.24, 2.45) is 5.41 Å². The maximum absolute atomic E-state index is 11.8. The van der Waals surface area contributed by atoms with Gasteiger partial charge in [0.15, 0.2) is 0 Å². The van der Waals surface area contributed by atoms with Gasteiger partial charge in [-0.05, 0) is 17.9 Å². The zero-order valence-corrected chi connectivity index (χ0v) is 11.2. The summed E-state index contributed by atoms with van der Waals surface area (Å²) in [4.78, 5) is 22.2. The van der Waals surface area contributed by atoms with E-state index in [1.165, 1.54) is 0 Å². The summed E-state index contributed by atoms with van der Waals surface area (Å²) in [7, 11) is 0. The highest BCUT2D eigenvalue weighted by Crippen LogP contribution is 2.41. The summed E-state index contributed by atoms with van der Waals surface area (Å²) < 4.78 is 5.46. The van der Waals surface area contributed by atoms with E-state index in [0.717, 1.165) is 24.2 Å². The van der Waals surface area contributed by atoms with E-state index in [1.807, 2.05) is 6.07 Å². The van der Waals surface area contributed by atoms with Crippen LogP contribution in [0.15, 0.2) is 16.7 Å². The number of hydrogen-bond acceptors (Lipinski definition) is 3. The normalized spacial score (nSPS) is 20.6. The van der Waals surface area contributed by atoms with Gasteiger partial charge in [-0.15, -0.1) is 0 Å². The van der Waals surface area contributed by atoms with Gasteiger partial charge in [-0.2, -0.15) is 0 Å². The minimum absolute atomic E-state index is 0.0133. The molecule has 1 aliphatic carbocycles. The first kappa shape index (κ1) is 13.6. The van der Waals surface area contributed by atoms with Gasteiger partial charge in [-0.1, -0.05) is 13.8 Å². The van der Waals surface area contributed by atoms with E-state index in [4.69, 9.17) is 9.52 Å². The van der Waals surface area contributed by atoms with Crippen molar-refractivity contribution in [3.8, 4) is 0 Å². The number of amides is 1. The maximum atomic E-state index is 11.8. The van der Waals surface area contributed by atoms with Crippen molar-refractivity contribution in [1.29, 1.82) is 0 Å². The summed E-state index contributed by atoms with van der Waals surface area (Å²) in [6.07, 6.45) is 3.21. The van der Waals surface area contributed by atoms with Gasteiger partial charge < -0.3 is 14.8 Å². The Morgan fingerprint density at radius 1 is 1.47 bits per heavy atom. The molecule has 0 bridgehead atoms. The lowest BCUT2D eigenvalue weighted by Crippen LogP contribution is -2.36. The lowest BCUT2D eigenvalue weighted by molar-refractivity contribution is -0.139. The molecule has 1 heterocycles. The molecule has 0 aliphatic heterocycles. The van der Waals surface area contributed by atoms with Crippen LogP contribution in [0.2, 0.25) is 0 Å². The Hall–Kier alpha value is -1.78. The zero-order valence-electron chi connectivity index (χ0n) is 11.2. The summed E-state index contributed by atoms with van der Waals surface area (Å²) in [6, 6.07) is 1.80. The van der Waals surface area contributed by atoms with Crippen LogP contribution >= 0.6 is 0 Å². The van der Waals surface area contributed by atoms with Crippen LogP contribution in [-0.4, -0.2) is 17.0 Å². The SMILES string of the molecule is CC1(C)Cc2occc2C(NC(=O)CCC(=O)O)C1. The fourth-order valence-electron chi connectivity index (χ4n) is 2.59. The second-order valence-corrected chi connectivity index (χ2v) is 5.86. The third kappa shape index (κ3) is 3.36. The van der Waals surface area contributed by atoms with Crippen molar-refractivity contribution in [2.45, 2.75) is 45.6 Å². The fraction of sp³-hybridized carbons (Fsp3) is 0.571. The Bertz CT molecular complexity index is 489. The summed E-state index contributed by atoms with van der Waals surface area (Å²) >= 11 is 0. The van der Waals surface area contributed by atoms with E-state index in [9.17, 15) is 9.59 Å². The largest absolute Gasteiger partial charge is 0.481 e. The van der Waals surface area contributed by atoms with E-state index in [0.29, 0.717) is 0 Å². The predicted molar refractivity (Wildman–Crippen MR) is 68.6 cm³/mol. The van der Waals surface area contributed by atoms with Gasteiger partial charge in [0.2, 0.25) is 5.91 Å². The average Bonchev–Trinajstić information content (AvgIpc) is 2.72. The van der Waals surface area contributed by atoms with Crippen LogP contribution in [0.1, 0.15) is 50.5 Å². The lowest BCUT2D eigenvalue weighted by atomic mass is 9.75. The predicted octanol–water partition coefficient (Wildman–Crippen LogP) is 2.27. The molecule has 1 amide bonds. The number of furan rings is 1. The van der Waals surface area contributed by atoms with Crippen molar-refractivity contribution in [2.75, 3.05) is 0 Å². The van der Waals surface area contributed by atoms with Gasteiger partial charge in [-0.3, -0.25) is 9.59 Å². The van der Waals surface area contributed by atoms with Crippen LogP contribution in [0.4, 0.5) is 0 Å². The Morgan fingerprint density at radius 2 is 2.21 bits per heavy atom. The number of nitrogens with one attached hydrogen (secondary N) is 1. The van der Waals surface area contributed by atoms with E-state index in [2.05, 4.69) is 19.2 Å². The topological polar surface area (TPSA) is 79.5 Å². The summed E-state index contributed by atoms with van der Waals surface area (Å²) in [5, 5.41) is 11.5.